The van der Waals surface area contributed by atoms with Gasteiger partial charge in [-0.2, -0.15) is 10.4 Å². The van der Waals surface area contributed by atoms with Crippen LogP contribution in [0.25, 0.3) is 16.9 Å². The number of nitrogens with zero attached hydrogens (tertiary/aromatic N) is 3. The zero-order valence-corrected chi connectivity index (χ0v) is 13.1. The zero-order chi connectivity index (χ0) is 16.9. The summed E-state index contributed by atoms with van der Waals surface area (Å²) in [4.78, 5) is 12.3. The molecule has 0 atom stereocenters. The van der Waals surface area contributed by atoms with E-state index in [-0.39, 0.29) is 6.61 Å². The van der Waals surface area contributed by atoms with Crippen molar-refractivity contribution in [3.63, 3.8) is 0 Å². The number of aryl methyl sites for hydroxylation is 1. The van der Waals surface area contributed by atoms with E-state index in [1.807, 2.05) is 61.5 Å². The van der Waals surface area contributed by atoms with Gasteiger partial charge in [-0.1, -0.05) is 42.0 Å². The Balaban J connectivity index is 2.10. The van der Waals surface area contributed by atoms with Gasteiger partial charge in [-0.25, -0.2) is 9.48 Å². The standard InChI is InChI=1S/C19H15N3O2/c1-14-6-5-7-15(12-14)18-17(19(23)24-11-10-20)13-22(21-18)16-8-3-2-4-9-16/h2-9,12-13H,11H2,1H3. The molecule has 3 aromatic rings. The molecule has 1 aromatic heterocycles. The van der Waals surface area contributed by atoms with Gasteiger partial charge in [0, 0.05) is 11.8 Å². The summed E-state index contributed by atoms with van der Waals surface area (Å²) in [7, 11) is 0. The number of hydrogen-bond donors (Lipinski definition) is 0. The van der Waals surface area contributed by atoms with Crippen LogP contribution in [-0.2, 0) is 4.74 Å². The van der Waals surface area contributed by atoms with Crippen LogP contribution in [0, 0.1) is 18.3 Å². The monoisotopic (exact) mass is 317 g/mol. The summed E-state index contributed by atoms with van der Waals surface area (Å²) in [6.45, 7) is 1.69. The van der Waals surface area contributed by atoms with Gasteiger partial charge in [0.15, 0.2) is 6.61 Å². The van der Waals surface area contributed by atoms with Gasteiger partial charge in [-0.3, -0.25) is 0 Å². The number of carbonyl (C=O) groups excluding carboxylic acids is 1. The highest BCUT2D eigenvalue weighted by atomic mass is 16.5. The number of carbonyl (C=O) groups is 1. The molecule has 24 heavy (non-hydrogen) atoms. The minimum atomic E-state index is -0.560. The fourth-order valence-electron chi connectivity index (χ4n) is 2.42. The fourth-order valence-corrected chi connectivity index (χ4v) is 2.42. The third kappa shape index (κ3) is 3.18. The van der Waals surface area contributed by atoms with Gasteiger partial charge in [0.25, 0.3) is 0 Å². The van der Waals surface area contributed by atoms with Gasteiger partial charge < -0.3 is 4.74 Å². The van der Waals surface area contributed by atoms with Gasteiger partial charge >= 0.3 is 5.97 Å². The van der Waals surface area contributed by atoms with E-state index in [0.29, 0.717) is 11.3 Å². The lowest BCUT2D eigenvalue weighted by Gasteiger charge is -2.02. The third-order valence-corrected chi connectivity index (χ3v) is 3.51. The first-order chi connectivity index (χ1) is 11.7. The van der Waals surface area contributed by atoms with Gasteiger partial charge in [0.05, 0.1) is 5.69 Å². The normalized spacial score (nSPS) is 10.2. The summed E-state index contributed by atoms with van der Waals surface area (Å²) in [6, 6.07) is 19.1. The number of benzene rings is 2. The van der Waals surface area contributed by atoms with Crippen molar-refractivity contribution in [3.8, 4) is 23.0 Å². The summed E-state index contributed by atoms with van der Waals surface area (Å²) >= 11 is 0. The Morgan fingerprint density at radius 1 is 1.21 bits per heavy atom. The Bertz CT molecular complexity index is 908. The topological polar surface area (TPSA) is 67.9 Å². The maximum absolute atomic E-state index is 12.3. The minimum Gasteiger partial charge on any atom is -0.447 e. The van der Waals surface area contributed by atoms with Crippen molar-refractivity contribution in [1.82, 2.24) is 9.78 Å². The molecule has 0 spiro atoms. The summed E-state index contributed by atoms with van der Waals surface area (Å²) < 4.78 is 6.60. The lowest BCUT2D eigenvalue weighted by molar-refractivity contribution is 0.0556. The molecule has 0 fully saturated rings. The second kappa shape index (κ2) is 6.80. The second-order valence-electron chi connectivity index (χ2n) is 5.28. The molecule has 0 aliphatic heterocycles. The highest BCUT2D eigenvalue weighted by Crippen LogP contribution is 2.25. The maximum Gasteiger partial charge on any atom is 0.343 e. The van der Waals surface area contributed by atoms with Gasteiger partial charge in [0.2, 0.25) is 0 Å². The number of hydrogen-bond acceptors (Lipinski definition) is 4. The lowest BCUT2D eigenvalue weighted by Crippen LogP contribution is -2.05. The molecule has 0 unspecified atom stereocenters. The van der Waals surface area contributed by atoms with Crippen molar-refractivity contribution < 1.29 is 9.53 Å². The van der Waals surface area contributed by atoms with Gasteiger partial charge in [-0.05, 0) is 25.1 Å². The molecule has 0 saturated heterocycles. The highest BCUT2D eigenvalue weighted by molar-refractivity contribution is 5.96. The molecular weight excluding hydrogens is 302 g/mol. The molecule has 2 aromatic carbocycles. The quantitative estimate of drug-likeness (QED) is 0.690. The van der Waals surface area contributed by atoms with Crippen LogP contribution in [0.5, 0.6) is 0 Å². The number of para-hydroxylation sites is 1. The molecule has 0 bridgehead atoms. The first-order valence-corrected chi connectivity index (χ1v) is 7.45. The SMILES string of the molecule is Cc1cccc(-c2nn(-c3ccccc3)cc2C(=O)OCC#N)c1. The van der Waals surface area contributed by atoms with E-state index in [4.69, 9.17) is 10.00 Å². The molecule has 3 rings (SSSR count). The molecule has 1 heterocycles. The van der Waals surface area contributed by atoms with E-state index in [9.17, 15) is 4.79 Å². The predicted octanol–water partition coefficient (Wildman–Crippen LogP) is 3.53. The third-order valence-electron chi connectivity index (χ3n) is 3.51. The Hall–Kier alpha value is -3.39. The average molecular weight is 317 g/mol. The molecule has 0 amide bonds. The number of aromatic nitrogens is 2. The summed E-state index contributed by atoms with van der Waals surface area (Å²) in [5, 5.41) is 13.2. The minimum absolute atomic E-state index is 0.289. The van der Waals surface area contributed by atoms with Crippen molar-refractivity contribution in [2.45, 2.75) is 6.92 Å². The van der Waals surface area contributed by atoms with Crippen molar-refractivity contribution in [3.05, 3.63) is 71.9 Å². The molecule has 0 aliphatic rings. The van der Waals surface area contributed by atoms with Crippen molar-refractivity contribution >= 4 is 5.97 Å². The molecule has 0 aliphatic carbocycles. The van der Waals surface area contributed by atoms with Crippen LogP contribution in [-0.4, -0.2) is 22.4 Å². The molecule has 0 saturated carbocycles. The number of rotatable bonds is 4. The first kappa shape index (κ1) is 15.5. The molecule has 0 N–H and O–H groups in total. The van der Waals surface area contributed by atoms with E-state index in [2.05, 4.69) is 5.10 Å². The van der Waals surface area contributed by atoms with Crippen LogP contribution in [0.2, 0.25) is 0 Å². The van der Waals surface area contributed by atoms with E-state index >= 15 is 0 Å². The summed E-state index contributed by atoms with van der Waals surface area (Å²) in [5.41, 5.74) is 3.60. The van der Waals surface area contributed by atoms with Crippen molar-refractivity contribution in [1.29, 1.82) is 5.26 Å². The van der Waals surface area contributed by atoms with E-state index in [1.165, 1.54) is 0 Å². The summed E-state index contributed by atoms with van der Waals surface area (Å²) in [6.07, 6.45) is 1.63. The summed E-state index contributed by atoms with van der Waals surface area (Å²) in [5.74, 6) is -0.560. The fraction of sp³-hybridized carbons (Fsp3) is 0.105. The van der Waals surface area contributed by atoms with Gasteiger partial charge in [0.1, 0.15) is 17.3 Å². The average Bonchev–Trinajstić information content (AvgIpc) is 3.06. The van der Waals surface area contributed by atoms with Crippen molar-refractivity contribution in [2.75, 3.05) is 6.61 Å². The largest absolute Gasteiger partial charge is 0.447 e. The molecule has 118 valence electrons. The number of esters is 1. The smallest absolute Gasteiger partial charge is 0.343 e. The Labute approximate surface area is 139 Å². The van der Waals surface area contributed by atoms with E-state index in [1.54, 1.807) is 16.9 Å². The van der Waals surface area contributed by atoms with E-state index in [0.717, 1.165) is 16.8 Å². The van der Waals surface area contributed by atoms with Crippen LogP contribution in [0.3, 0.4) is 0 Å². The van der Waals surface area contributed by atoms with Crippen LogP contribution in [0.1, 0.15) is 15.9 Å². The number of ether oxygens (including phenoxy) is 1. The molecular formula is C19H15N3O2. The Morgan fingerprint density at radius 3 is 2.71 bits per heavy atom. The van der Waals surface area contributed by atoms with Crippen LogP contribution in [0.4, 0.5) is 0 Å². The lowest BCUT2D eigenvalue weighted by atomic mass is 10.1. The molecule has 0 radical (unpaired) electrons. The van der Waals surface area contributed by atoms with Crippen LogP contribution in [0.15, 0.2) is 60.8 Å². The zero-order valence-electron chi connectivity index (χ0n) is 13.1. The van der Waals surface area contributed by atoms with E-state index < -0.39 is 5.97 Å². The maximum atomic E-state index is 12.3. The molecule has 5 nitrogen and oxygen atoms in total. The van der Waals surface area contributed by atoms with Crippen molar-refractivity contribution in [2.24, 2.45) is 0 Å². The molecule has 5 heteroatoms. The second-order valence-corrected chi connectivity index (χ2v) is 5.28. The Kier molecular flexibility index (Phi) is 4.39. The highest BCUT2D eigenvalue weighted by Gasteiger charge is 2.20. The van der Waals surface area contributed by atoms with Crippen LogP contribution < -0.4 is 0 Å². The predicted molar refractivity (Wildman–Crippen MR) is 89.6 cm³/mol. The van der Waals surface area contributed by atoms with Gasteiger partial charge in [-0.15, -0.1) is 0 Å². The number of nitriles is 1. The first-order valence-electron chi connectivity index (χ1n) is 7.45. The van der Waals surface area contributed by atoms with Crippen LogP contribution >= 0.6 is 0 Å². The Morgan fingerprint density at radius 2 is 2.00 bits per heavy atom.